The minimum absolute atomic E-state index is 0.154. The normalized spacial score (nSPS) is 11.6. The standard InChI is InChI=1S/C7H2F5NO2S/c8-3-1-4(9)6(16-7(10,11)12)5(2-3)13(14)15/h1-2H. The second-order valence-electron chi connectivity index (χ2n) is 2.54. The zero-order valence-corrected chi connectivity index (χ0v) is 8.03. The number of nitrogens with zero attached hydrogens (tertiary/aromatic N) is 1. The van der Waals surface area contributed by atoms with Crippen LogP contribution >= 0.6 is 11.8 Å². The molecule has 0 radical (unpaired) electrons. The van der Waals surface area contributed by atoms with Crippen LogP contribution in [0.15, 0.2) is 17.0 Å². The number of nitro benzene ring substituents is 1. The topological polar surface area (TPSA) is 43.1 Å². The van der Waals surface area contributed by atoms with E-state index in [1.807, 2.05) is 0 Å². The van der Waals surface area contributed by atoms with Crippen molar-refractivity contribution in [3.05, 3.63) is 33.9 Å². The van der Waals surface area contributed by atoms with Crippen molar-refractivity contribution in [2.45, 2.75) is 10.4 Å². The predicted molar refractivity (Wildman–Crippen MR) is 44.9 cm³/mol. The number of nitro groups is 1. The summed E-state index contributed by atoms with van der Waals surface area (Å²) in [6.07, 6.45) is 0. The molecule has 0 aliphatic heterocycles. The van der Waals surface area contributed by atoms with Crippen molar-refractivity contribution in [1.29, 1.82) is 0 Å². The number of rotatable bonds is 2. The second kappa shape index (κ2) is 4.24. The van der Waals surface area contributed by atoms with E-state index in [1.54, 1.807) is 0 Å². The summed E-state index contributed by atoms with van der Waals surface area (Å²) in [7, 11) is 0. The van der Waals surface area contributed by atoms with E-state index < -0.39 is 44.4 Å². The quantitative estimate of drug-likeness (QED) is 0.353. The molecule has 0 bridgehead atoms. The van der Waals surface area contributed by atoms with Crippen molar-refractivity contribution in [1.82, 2.24) is 0 Å². The third-order valence-corrected chi connectivity index (χ3v) is 2.24. The van der Waals surface area contributed by atoms with Gasteiger partial charge in [-0.05, 0) is 11.8 Å². The molecule has 0 N–H and O–H groups in total. The van der Waals surface area contributed by atoms with Crippen LogP contribution in [0.2, 0.25) is 0 Å². The maximum atomic E-state index is 12.9. The second-order valence-corrected chi connectivity index (χ2v) is 3.62. The van der Waals surface area contributed by atoms with Crippen LogP contribution in [0.4, 0.5) is 27.6 Å². The molecule has 0 amide bonds. The first-order valence-electron chi connectivity index (χ1n) is 3.60. The number of halogens is 5. The Labute approximate surface area is 89.4 Å². The molecule has 0 unspecified atom stereocenters. The summed E-state index contributed by atoms with van der Waals surface area (Å²) in [6, 6.07) is 0.387. The van der Waals surface area contributed by atoms with Crippen LogP contribution in [0.5, 0.6) is 0 Å². The van der Waals surface area contributed by atoms with Gasteiger partial charge in [-0.25, -0.2) is 8.78 Å². The van der Waals surface area contributed by atoms with Crippen LogP contribution in [0.3, 0.4) is 0 Å². The lowest BCUT2D eigenvalue weighted by atomic mass is 10.3. The van der Waals surface area contributed by atoms with Gasteiger partial charge in [-0.2, -0.15) is 13.2 Å². The van der Waals surface area contributed by atoms with Gasteiger partial charge < -0.3 is 0 Å². The number of benzene rings is 1. The molecule has 3 nitrogen and oxygen atoms in total. The minimum atomic E-state index is -4.89. The van der Waals surface area contributed by atoms with Crippen molar-refractivity contribution < 1.29 is 26.9 Å². The Morgan fingerprint density at radius 2 is 1.81 bits per heavy atom. The molecule has 0 fully saturated rings. The highest BCUT2D eigenvalue weighted by molar-refractivity contribution is 8.00. The molecule has 1 rings (SSSR count). The summed E-state index contributed by atoms with van der Waals surface area (Å²) in [5.41, 5.74) is -6.14. The lowest BCUT2D eigenvalue weighted by molar-refractivity contribution is -0.388. The molecule has 0 saturated carbocycles. The molecule has 1 aromatic carbocycles. The summed E-state index contributed by atoms with van der Waals surface area (Å²) in [4.78, 5) is 7.78. The Morgan fingerprint density at radius 3 is 2.25 bits per heavy atom. The van der Waals surface area contributed by atoms with Gasteiger partial charge in [0.05, 0.1) is 11.0 Å². The zero-order valence-electron chi connectivity index (χ0n) is 7.22. The summed E-state index contributed by atoms with van der Waals surface area (Å²) in [5, 5.41) is 10.3. The summed E-state index contributed by atoms with van der Waals surface area (Å²) in [6.45, 7) is 0. The van der Waals surface area contributed by atoms with Crippen LogP contribution in [-0.4, -0.2) is 10.4 Å². The van der Waals surface area contributed by atoms with Gasteiger partial charge in [0.2, 0.25) is 0 Å². The van der Waals surface area contributed by atoms with Crippen molar-refractivity contribution in [2.24, 2.45) is 0 Å². The van der Waals surface area contributed by atoms with Gasteiger partial charge in [-0.1, -0.05) is 0 Å². The monoisotopic (exact) mass is 259 g/mol. The van der Waals surface area contributed by atoms with Gasteiger partial charge in [-0.3, -0.25) is 10.1 Å². The van der Waals surface area contributed by atoms with E-state index in [-0.39, 0.29) is 12.1 Å². The first-order valence-corrected chi connectivity index (χ1v) is 4.41. The van der Waals surface area contributed by atoms with E-state index in [9.17, 15) is 32.1 Å². The minimum Gasteiger partial charge on any atom is -0.258 e. The van der Waals surface area contributed by atoms with E-state index >= 15 is 0 Å². The lowest BCUT2D eigenvalue weighted by Gasteiger charge is -2.07. The van der Waals surface area contributed by atoms with Crippen LogP contribution in [-0.2, 0) is 0 Å². The molecule has 0 saturated heterocycles. The first kappa shape index (κ1) is 12.7. The summed E-state index contributed by atoms with van der Waals surface area (Å²) in [5.74, 6) is -2.93. The summed E-state index contributed by atoms with van der Waals surface area (Å²) >= 11 is -0.992. The zero-order chi connectivity index (χ0) is 12.5. The van der Waals surface area contributed by atoms with Crippen molar-refractivity contribution in [3.63, 3.8) is 0 Å². The van der Waals surface area contributed by atoms with Gasteiger partial charge in [0, 0.05) is 6.07 Å². The Kier molecular flexibility index (Phi) is 3.36. The van der Waals surface area contributed by atoms with Crippen molar-refractivity contribution in [3.8, 4) is 0 Å². The Morgan fingerprint density at radius 1 is 1.25 bits per heavy atom. The molecule has 0 heterocycles. The van der Waals surface area contributed by atoms with Crippen LogP contribution in [0.1, 0.15) is 0 Å². The van der Waals surface area contributed by atoms with E-state index in [2.05, 4.69) is 0 Å². The number of hydrogen-bond donors (Lipinski definition) is 0. The van der Waals surface area contributed by atoms with Crippen LogP contribution in [0, 0.1) is 21.7 Å². The number of alkyl halides is 3. The average molecular weight is 259 g/mol. The highest BCUT2D eigenvalue weighted by Crippen LogP contribution is 2.42. The molecule has 0 aliphatic carbocycles. The maximum Gasteiger partial charge on any atom is 0.446 e. The fourth-order valence-corrected chi connectivity index (χ4v) is 1.53. The third-order valence-electron chi connectivity index (χ3n) is 1.40. The van der Waals surface area contributed by atoms with E-state index in [4.69, 9.17) is 0 Å². The highest BCUT2D eigenvalue weighted by atomic mass is 32.2. The Bertz CT molecular complexity index is 434. The largest absolute Gasteiger partial charge is 0.446 e. The lowest BCUT2D eigenvalue weighted by Crippen LogP contribution is -2.03. The molecule has 9 heteroatoms. The molecule has 0 aliphatic rings. The number of thioether (sulfide) groups is 1. The smallest absolute Gasteiger partial charge is 0.258 e. The van der Waals surface area contributed by atoms with Gasteiger partial charge in [0.25, 0.3) is 5.69 Å². The van der Waals surface area contributed by atoms with Gasteiger partial charge in [0.15, 0.2) is 0 Å². The SMILES string of the molecule is O=[N+]([O-])c1cc(F)cc(F)c1SC(F)(F)F. The fraction of sp³-hybridized carbons (Fsp3) is 0.143. The van der Waals surface area contributed by atoms with E-state index in [0.717, 1.165) is 0 Å². The highest BCUT2D eigenvalue weighted by Gasteiger charge is 2.35. The van der Waals surface area contributed by atoms with Gasteiger partial charge in [0.1, 0.15) is 16.5 Å². The van der Waals surface area contributed by atoms with Crippen LogP contribution < -0.4 is 0 Å². The molecule has 0 atom stereocenters. The van der Waals surface area contributed by atoms with E-state index in [1.165, 1.54) is 0 Å². The van der Waals surface area contributed by atoms with E-state index in [0.29, 0.717) is 0 Å². The Hall–Kier alpha value is -1.38. The molecule has 0 aromatic heterocycles. The van der Waals surface area contributed by atoms with Crippen molar-refractivity contribution >= 4 is 17.4 Å². The first-order chi connectivity index (χ1) is 7.20. The van der Waals surface area contributed by atoms with Crippen molar-refractivity contribution in [2.75, 3.05) is 0 Å². The summed E-state index contributed by atoms with van der Waals surface area (Å²) < 4.78 is 61.3. The predicted octanol–water partition coefficient (Wildman–Crippen LogP) is 3.48. The molecule has 16 heavy (non-hydrogen) atoms. The molecule has 0 spiro atoms. The molecular weight excluding hydrogens is 257 g/mol. The fourth-order valence-electron chi connectivity index (χ4n) is 0.899. The molecular formula is C7H2F5NO2S. The maximum absolute atomic E-state index is 12.9. The van der Waals surface area contributed by atoms with Gasteiger partial charge in [-0.15, -0.1) is 0 Å². The molecule has 1 aromatic rings. The van der Waals surface area contributed by atoms with Crippen LogP contribution in [0.25, 0.3) is 0 Å². The average Bonchev–Trinajstić information content (AvgIpc) is 2.07. The Balaban J connectivity index is 3.30. The third kappa shape index (κ3) is 3.05. The number of hydrogen-bond acceptors (Lipinski definition) is 3. The molecule has 88 valence electrons. The van der Waals surface area contributed by atoms with Gasteiger partial charge >= 0.3 is 5.51 Å².